The molecule has 0 bridgehead atoms. The van der Waals surface area contributed by atoms with Crippen LogP contribution >= 0.6 is 0 Å². The van der Waals surface area contributed by atoms with Crippen LogP contribution in [-0.2, 0) is 16.4 Å². The van der Waals surface area contributed by atoms with Crippen molar-refractivity contribution in [3.63, 3.8) is 0 Å². The first kappa shape index (κ1) is 11.7. The Kier molecular flexibility index (Phi) is 2.46. The molecule has 2 heterocycles. The predicted octanol–water partition coefficient (Wildman–Crippen LogP) is 1.10. The Bertz CT molecular complexity index is 718. The molecule has 1 aliphatic rings. The number of aromatic nitrogens is 2. The monoisotopic (exact) mass is 265 g/mol. The lowest BCUT2D eigenvalue weighted by molar-refractivity contribution is 0.443. The van der Waals surface area contributed by atoms with Gasteiger partial charge in [-0.3, -0.25) is 0 Å². The molecule has 0 aliphatic carbocycles. The molecular weight excluding hydrogens is 250 g/mol. The largest absolute Gasteiger partial charge is 0.325 e. The maximum atomic E-state index is 11.6. The van der Waals surface area contributed by atoms with Gasteiger partial charge < -0.3 is 9.88 Å². The second-order valence-electron chi connectivity index (χ2n) is 4.72. The molecule has 18 heavy (non-hydrogen) atoms. The smallest absolute Gasteiger partial charge is 0.175 e. The number of fused-ring (bicyclic) bond motifs is 3. The molecule has 6 heteroatoms. The fourth-order valence-corrected chi connectivity index (χ4v) is 3.04. The van der Waals surface area contributed by atoms with Crippen LogP contribution < -0.4 is 5.32 Å². The van der Waals surface area contributed by atoms with Crippen molar-refractivity contribution >= 4 is 20.9 Å². The number of hydrogen-bond donors (Lipinski definition) is 1. The number of nitrogens with zero attached hydrogens (tertiary/aromatic N) is 2. The summed E-state index contributed by atoms with van der Waals surface area (Å²) in [6.07, 6.45) is 1.23. The van der Waals surface area contributed by atoms with Crippen molar-refractivity contribution in [1.82, 2.24) is 14.9 Å². The Morgan fingerprint density at radius 1 is 1.44 bits per heavy atom. The summed E-state index contributed by atoms with van der Waals surface area (Å²) in [5.74, 6) is 0.974. The third-order valence-electron chi connectivity index (χ3n) is 3.35. The van der Waals surface area contributed by atoms with Gasteiger partial charge in [-0.15, -0.1) is 0 Å². The first-order valence-electron chi connectivity index (χ1n) is 5.90. The van der Waals surface area contributed by atoms with E-state index < -0.39 is 9.84 Å². The van der Waals surface area contributed by atoms with Gasteiger partial charge in [0.05, 0.1) is 22.0 Å². The van der Waals surface area contributed by atoms with E-state index in [1.165, 1.54) is 6.26 Å². The third-order valence-corrected chi connectivity index (χ3v) is 4.46. The standard InChI is InChI=1S/C12H15N3O2S/c1-8-12-14-10-4-3-9(18(2,16)17)7-11(10)15(12)6-5-13-8/h3-4,7-8,13H,5-6H2,1-2H3. The molecule has 1 aromatic heterocycles. The van der Waals surface area contributed by atoms with Crippen LogP contribution in [0.4, 0.5) is 0 Å². The van der Waals surface area contributed by atoms with E-state index in [0.717, 1.165) is 29.9 Å². The molecule has 0 saturated heterocycles. The number of hydrogen-bond acceptors (Lipinski definition) is 4. The lowest BCUT2D eigenvalue weighted by Crippen LogP contribution is -2.31. The molecule has 1 atom stereocenters. The average molecular weight is 265 g/mol. The zero-order valence-corrected chi connectivity index (χ0v) is 11.2. The third kappa shape index (κ3) is 1.72. The Morgan fingerprint density at radius 3 is 2.94 bits per heavy atom. The van der Waals surface area contributed by atoms with Crippen molar-refractivity contribution in [2.75, 3.05) is 12.8 Å². The van der Waals surface area contributed by atoms with Gasteiger partial charge in [0.2, 0.25) is 0 Å². The van der Waals surface area contributed by atoms with Gasteiger partial charge in [-0.25, -0.2) is 13.4 Å². The molecule has 1 aromatic carbocycles. The normalized spacial score (nSPS) is 20.0. The first-order chi connectivity index (χ1) is 8.47. The molecule has 0 spiro atoms. The van der Waals surface area contributed by atoms with E-state index in [0.29, 0.717) is 4.90 Å². The number of benzene rings is 1. The van der Waals surface area contributed by atoms with Gasteiger partial charge in [0, 0.05) is 19.3 Å². The molecule has 0 saturated carbocycles. The summed E-state index contributed by atoms with van der Waals surface area (Å²) in [6.45, 7) is 3.76. The van der Waals surface area contributed by atoms with Gasteiger partial charge in [-0.05, 0) is 25.1 Å². The van der Waals surface area contributed by atoms with E-state index >= 15 is 0 Å². The number of nitrogens with one attached hydrogen (secondary N) is 1. The highest BCUT2D eigenvalue weighted by molar-refractivity contribution is 7.90. The number of sulfone groups is 1. The van der Waals surface area contributed by atoms with Gasteiger partial charge in [0.15, 0.2) is 9.84 Å². The fourth-order valence-electron chi connectivity index (χ4n) is 2.40. The van der Waals surface area contributed by atoms with Crippen LogP contribution in [0, 0.1) is 0 Å². The van der Waals surface area contributed by atoms with E-state index in [4.69, 9.17) is 0 Å². The molecule has 5 nitrogen and oxygen atoms in total. The summed E-state index contributed by atoms with van der Waals surface area (Å²) in [4.78, 5) is 4.91. The quantitative estimate of drug-likeness (QED) is 0.838. The van der Waals surface area contributed by atoms with E-state index in [1.807, 2.05) is 0 Å². The van der Waals surface area contributed by atoms with Crippen LogP contribution in [0.1, 0.15) is 18.8 Å². The summed E-state index contributed by atoms with van der Waals surface area (Å²) in [5.41, 5.74) is 1.76. The van der Waals surface area contributed by atoms with Gasteiger partial charge in [0.25, 0.3) is 0 Å². The van der Waals surface area contributed by atoms with Crippen molar-refractivity contribution in [1.29, 1.82) is 0 Å². The van der Waals surface area contributed by atoms with Crippen LogP contribution in [0.25, 0.3) is 11.0 Å². The Labute approximate surface area is 106 Å². The van der Waals surface area contributed by atoms with Crippen molar-refractivity contribution in [3.05, 3.63) is 24.0 Å². The van der Waals surface area contributed by atoms with E-state index in [-0.39, 0.29) is 6.04 Å². The highest BCUT2D eigenvalue weighted by Crippen LogP contribution is 2.25. The van der Waals surface area contributed by atoms with Crippen LogP contribution in [-0.4, -0.2) is 30.8 Å². The van der Waals surface area contributed by atoms with Gasteiger partial charge >= 0.3 is 0 Å². The van der Waals surface area contributed by atoms with E-state index in [1.54, 1.807) is 18.2 Å². The predicted molar refractivity (Wildman–Crippen MR) is 69.3 cm³/mol. The lowest BCUT2D eigenvalue weighted by Gasteiger charge is -2.22. The van der Waals surface area contributed by atoms with E-state index in [9.17, 15) is 8.42 Å². The van der Waals surface area contributed by atoms with Crippen molar-refractivity contribution in [3.8, 4) is 0 Å². The first-order valence-corrected chi connectivity index (χ1v) is 7.79. The molecule has 1 N–H and O–H groups in total. The van der Waals surface area contributed by atoms with Crippen molar-refractivity contribution in [2.45, 2.75) is 24.4 Å². The Balaban J connectivity index is 2.28. The average Bonchev–Trinajstić information content (AvgIpc) is 2.67. The molecule has 0 fully saturated rings. The molecule has 96 valence electrons. The molecule has 2 aromatic rings. The molecule has 1 aliphatic heterocycles. The number of imidazole rings is 1. The highest BCUT2D eigenvalue weighted by atomic mass is 32.2. The molecule has 3 rings (SSSR count). The Morgan fingerprint density at radius 2 is 2.22 bits per heavy atom. The van der Waals surface area contributed by atoms with Crippen molar-refractivity contribution < 1.29 is 8.42 Å². The van der Waals surface area contributed by atoms with Gasteiger partial charge in [0.1, 0.15) is 5.82 Å². The minimum absolute atomic E-state index is 0.202. The van der Waals surface area contributed by atoms with Crippen LogP contribution in [0.5, 0.6) is 0 Å². The SMILES string of the molecule is CC1NCCn2c1nc1ccc(S(C)(=O)=O)cc12. The second kappa shape index (κ2) is 3.80. The van der Waals surface area contributed by atoms with Crippen LogP contribution in [0.2, 0.25) is 0 Å². The minimum Gasteiger partial charge on any atom is -0.325 e. The van der Waals surface area contributed by atoms with E-state index in [2.05, 4.69) is 21.8 Å². The second-order valence-corrected chi connectivity index (χ2v) is 6.74. The molecular formula is C12H15N3O2S. The van der Waals surface area contributed by atoms with Crippen LogP contribution in [0.3, 0.4) is 0 Å². The summed E-state index contributed by atoms with van der Waals surface area (Å²) < 4.78 is 25.3. The van der Waals surface area contributed by atoms with Crippen molar-refractivity contribution in [2.24, 2.45) is 0 Å². The van der Waals surface area contributed by atoms with Crippen LogP contribution in [0.15, 0.2) is 23.1 Å². The maximum absolute atomic E-state index is 11.6. The topological polar surface area (TPSA) is 64.0 Å². The van der Waals surface area contributed by atoms with Gasteiger partial charge in [-0.1, -0.05) is 0 Å². The lowest BCUT2D eigenvalue weighted by atomic mass is 10.2. The zero-order chi connectivity index (χ0) is 12.9. The highest BCUT2D eigenvalue weighted by Gasteiger charge is 2.21. The molecule has 1 unspecified atom stereocenters. The Hall–Kier alpha value is -1.40. The summed E-state index contributed by atoms with van der Waals surface area (Å²) in [5, 5.41) is 3.34. The van der Waals surface area contributed by atoms with Gasteiger partial charge in [-0.2, -0.15) is 0 Å². The summed E-state index contributed by atoms with van der Waals surface area (Å²) in [7, 11) is -3.17. The summed E-state index contributed by atoms with van der Waals surface area (Å²) in [6, 6.07) is 5.32. The minimum atomic E-state index is -3.17. The molecule has 0 radical (unpaired) electrons. The molecule has 0 amide bonds. The zero-order valence-electron chi connectivity index (χ0n) is 10.3. The number of rotatable bonds is 1. The summed E-state index contributed by atoms with van der Waals surface area (Å²) >= 11 is 0. The maximum Gasteiger partial charge on any atom is 0.175 e. The fraction of sp³-hybridized carbons (Fsp3) is 0.417.